The molecule has 0 spiro atoms. The van der Waals surface area contributed by atoms with Gasteiger partial charge in [0, 0.05) is 55.9 Å². The minimum Gasteiger partial charge on any atom is -0.486 e. The molecule has 6 aromatic rings. The molecule has 9 rings (SSSR count). The molecule has 1 unspecified atom stereocenters. The van der Waals surface area contributed by atoms with Gasteiger partial charge in [-0.15, -0.1) is 59.6 Å². The van der Waals surface area contributed by atoms with Crippen LogP contribution in [0.15, 0.2) is 83.5 Å². The second-order valence-electron chi connectivity index (χ2n) is 14.7. The van der Waals surface area contributed by atoms with E-state index in [9.17, 15) is 0 Å². The van der Waals surface area contributed by atoms with Crippen molar-refractivity contribution in [1.82, 2.24) is 15.0 Å². The maximum Gasteiger partial charge on any atom is 0.216 e. The number of benzene rings is 2. The average molecular weight is 866 g/mol. The van der Waals surface area contributed by atoms with Gasteiger partial charge in [-0.25, -0.2) is 4.98 Å². The number of hydrogen-bond acceptors (Lipinski definition) is 4. The second kappa shape index (κ2) is 15.4. The first-order valence-corrected chi connectivity index (χ1v) is 20.8. The van der Waals surface area contributed by atoms with Gasteiger partial charge >= 0.3 is 0 Å². The molecule has 1 atom stereocenters. The van der Waals surface area contributed by atoms with Crippen molar-refractivity contribution in [1.29, 1.82) is 0 Å². The van der Waals surface area contributed by atoms with E-state index in [1.807, 2.05) is 26.0 Å². The van der Waals surface area contributed by atoms with Crippen LogP contribution in [-0.2, 0) is 32.9 Å². The van der Waals surface area contributed by atoms with Crippen LogP contribution in [0.2, 0.25) is 19.6 Å². The molecule has 3 aliphatic rings. The van der Waals surface area contributed by atoms with E-state index in [2.05, 4.69) is 46.7 Å². The van der Waals surface area contributed by atoms with Crippen LogP contribution >= 0.6 is 0 Å². The molecule has 50 heavy (non-hydrogen) atoms. The summed E-state index contributed by atoms with van der Waals surface area (Å²) >= 11 is 0. The van der Waals surface area contributed by atoms with Gasteiger partial charge in [0.05, 0.1) is 13.7 Å². The third kappa shape index (κ3) is 8.20. The molecule has 0 N–H and O–H groups in total. The molecule has 2 aromatic carbocycles. The van der Waals surface area contributed by atoms with Crippen LogP contribution in [0.4, 0.5) is 0 Å². The van der Waals surface area contributed by atoms with Crippen molar-refractivity contribution < 1.29 is 38.2 Å². The van der Waals surface area contributed by atoms with Crippen molar-refractivity contribution in [3.63, 3.8) is 0 Å². The molecule has 3 aliphatic carbocycles. The molecule has 261 valence electrons. The molecule has 0 saturated heterocycles. The molecule has 4 heterocycles. The summed E-state index contributed by atoms with van der Waals surface area (Å²) in [5.41, 5.74) is 4.48. The van der Waals surface area contributed by atoms with Crippen LogP contribution in [0, 0.1) is 42.7 Å². The fraction of sp³-hybridized carbons (Fsp3) is 0.386. The number of furan rings is 1. The first-order valence-electron chi connectivity index (χ1n) is 22.3. The predicted octanol–water partition coefficient (Wildman–Crippen LogP) is 10.8. The normalized spacial score (nSPS) is 22.3. The smallest absolute Gasteiger partial charge is 0.216 e. The number of pyridine rings is 3. The van der Waals surface area contributed by atoms with Gasteiger partial charge in [-0.3, -0.25) is 0 Å². The maximum absolute atomic E-state index is 9.02. The summed E-state index contributed by atoms with van der Waals surface area (Å²) in [6, 6.07) is 19.3. The number of hydrogen-bond donors (Lipinski definition) is 0. The van der Waals surface area contributed by atoms with E-state index < -0.39 is 27.7 Å². The van der Waals surface area contributed by atoms with E-state index in [0.29, 0.717) is 45.5 Å². The largest absolute Gasteiger partial charge is 0.486 e. The summed E-state index contributed by atoms with van der Waals surface area (Å²) in [6.45, 7) is 7.90. The van der Waals surface area contributed by atoms with E-state index in [1.54, 1.807) is 36.7 Å². The van der Waals surface area contributed by atoms with Crippen LogP contribution in [0.3, 0.4) is 0 Å². The topological polar surface area (TPSA) is 51.8 Å². The fourth-order valence-corrected chi connectivity index (χ4v) is 8.64. The summed E-state index contributed by atoms with van der Waals surface area (Å²) in [5.74, 6) is 0.981. The van der Waals surface area contributed by atoms with Gasteiger partial charge in [-0.1, -0.05) is 75.0 Å². The Morgan fingerprint density at radius 3 is 2.50 bits per heavy atom. The van der Waals surface area contributed by atoms with E-state index in [1.165, 1.54) is 25.0 Å². The third-order valence-electron chi connectivity index (χ3n) is 9.69. The quantitative estimate of drug-likeness (QED) is 0.119. The molecular formula is C44H49IrN3OSi-2. The van der Waals surface area contributed by atoms with Crippen LogP contribution < -0.4 is 5.19 Å². The first-order chi connectivity index (χ1) is 27.5. The number of rotatable bonds is 7. The standard InChI is InChI=1S/C26H25N2O.C18H24NSi.Ir/c1-16-2-8-22-23-15-20(7-9-25(23)29-26(22)28-16)24-14-18(10-11-27-24)13-21-12-17-3-5-19(21)6-4-17;1-14(2)11-16-12-17(15-9-7-6-8-10-15)19-13-18(16)20(3,4)5;/h2,8-11,14-15,17,19,21H,3-6,12-13H2,1H3;6-9,12-14H,11H2,1-5H3;/q2*-1;/i1D3,13D2;6D,7D,8D,11D2;. The van der Waals surface area contributed by atoms with Gasteiger partial charge in [-0.05, 0) is 98.7 Å². The summed E-state index contributed by atoms with van der Waals surface area (Å²) in [4.78, 5) is 13.2. The number of aryl methyl sites for hydroxylation is 1. The van der Waals surface area contributed by atoms with Gasteiger partial charge in [0.2, 0.25) is 5.71 Å². The van der Waals surface area contributed by atoms with Crippen molar-refractivity contribution in [2.45, 2.75) is 85.2 Å². The monoisotopic (exact) mass is 866 g/mol. The second-order valence-corrected chi connectivity index (χ2v) is 19.8. The average Bonchev–Trinajstić information content (AvgIpc) is 3.57. The van der Waals surface area contributed by atoms with Crippen LogP contribution in [0.5, 0.6) is 0 Å². The molecule has 3 saturated carbocycles. The van der Waals surface area contributed by atoms with Gasteiger partial charge in [0.25, 0.3) is 0 Å². The third-order valence-corrected chi connectivity index (χ3v) is 11.7. The zero-order valence-electron chi connectivity index (χ0n) is 39.2. The van der Waals surface area contributed by atoms with Crippen LogP contribution in [-0.4, -0.2) is 23.0 Å². The minimum atomic E-state index is -2.30. The Hall–Kier alpha value is -3.44. The SMILES string of the molecule is [2H]C([2H])([2H])c1ccc2c(n1)oc1c[c-]c(-c3cc(C([2H])([2H])C4CC5CCC4CC5)ccn3)cc12.[2H]c1[c-]c(-c2cc(C([2H])([2H])C(C)C)c([Si](C)(C)C)cn2)cc([2H])c1[2H].[Ir]. The molecule has 0 amide bonds. The number of aromatic nitrogens is 3. The molecule has 1 radical (unpaired) electrons. The zero-order chi connectivity index (χ0) is 42.8. The van der Waals surface area contributed by atoms with E-state index >= 15 is 0 Å². The van der Waals surface area contributed by atoms with Crippen LogP contribution in [0.1, 0.15) is 76.5 Å². The van der Waals surface area contributed by atoms with Gasteiger partial charge < -0.3 is 14.4 Å². The van der Waals surface area contributed by atoms with Crippen molar-refractivity contribution in [3.05, 3.63) is 108 Å². The summed E-state index contributed by atoms with van der Waals surface area (Å²) in [5, 5.41) is 2.50. The Bertz CT molecular complexity index is 2500. The van der Waals surface area contributed by atoms with E-state index in [-0.39, 0.29) is 61.5 Å². The first kappa shape index (κ1) is 25.5. The predicted molar refractivity (Wildman–Crippen MR) is 206 cm³/mol. The molecule has 0 aliphatic heterocycles. The Labute approximate surface area is 327 Å². The maximum atomic E-state index is 9.02. The zero-order valence-corrected chi connectivity index (χ0v) is 32.6. The summed E-state index contributed by atoms with van der Waals surface area (Å²) < 4.78 is 86.9. The fourth-order valence-electron chi connectivity index (χ4n) is 7.23. The molecule has 3 fully saturated rings. The summed E-state index contributed by atoms with van der Waals surface area (Å²) in [7, 11) is -1.80. The Balaban J connectivity index is 0.000000208. The van der Waals surface area contributed by atoms with Crippen molar-refractivity contribution in [2.75, 3.05) is 0 Å². The molecule has 6 heteroatoms. The molecule has 4 nitrogen and oxygen atoms in total. The summed E-state index contributed by atoms with van der Waals surface area (Å²) in [6.07, 6.45) is 6.26. The van der Waals surface area contributed by atoms with Crippen LogP contribution in [0.25, 0.3) is 44.6 Å². The van der Waals surface area contributed by atoms with Gasteiger partial charge in [0.15, 0.2) is 0 Å². The molecular weight excluding hydrogens is 807 g/mol. The Morgan fingerprint density at radius 1 is 0.960 bits per heavy atom. The Kier molecular flexibility index (Phi) is 7.87. The molecule has 4 aromatic heterocycles. The Morgan fingerprint density at radius 2 is 1.78 bits per heavy atom. The van der Waals surface area contributed by atoms with E-state index in [0.717, 1.165) is 40.8 Å². The van der Waals surface area contributed by atoms with Crippen molar-refractivity contribution >= 4 is 35.3 Å². The number of nitrogens with zero attached hydrogens (tertiary/aromatic N) is 3. The molecule has 2 bridgehead atoms. The minimum absolute atomic E-state index is 0. The van der Waals surface area contributed by atoms with Crippen molar-refractivity contribution in [3.8, 4) is 22.5 Å². The number of fused-ring (bicyclic) bond motifs is 6. The van der Waals surface area contributed by atoms with Gasteiger partial charge in [-0.2, -0.15) is 0 Å². The van der Waals surface area contributed by atoms with Gasteiger partial charge in [0.1, 0.15) is 0 Å². The van der Waals surface area contributed by atoms with E-state index in [4.69, 9.17) is 18.1 Å². The van der Waals surface area contributed by atoms with Crippen molar-refractivity contribution in [2.24, 2.45) is 23.7 Å².